The summed E-state index contributed by atoms with van der Waals surface area (Å²) in [6, 6.07) is -1.31. The summed E-state index contributed by atoms with van der Waals surface area (Å²) in [5.74, 6) is -1.49. The van der Waals surface area contributed by atoms with E-state index in [2.05, 4.69) is 4.98 Å². The Kier molecular flexibility index (Phi) is 16.7. The predicted octanol–water partition coefficient (Wildman–Crippen LogP) is -9.62. The van der Waals surface area contributed by atoms with Crippen LogP contribution in [0.15, 0.2) is 11.7 Å². The standard InChI is InChI=1S/C13H20N2O7S3.2Na/c16-4-9(18)11(20)10(19)8(17)3-15(13(23)24)7(12(21)22)1-6-2-14-5-25-6;;/h2,5,7-11,16-20H,1,3-4H2,(H,21,22)(H,23,24);;/q;2*+1/p-2. The molecule has 5 atom stereocenters. The zero-order chi connectivity index (χ0) is 19.1. The molecule has 0 aliphatic carbocycles. The van der Waals surface area contributed by atoms with Crippen LogP contribution in [0.4, 0.5) is 0 Å². The van der Waals surface area contributed by atoms with Crippen molar-refractivity contribution in [3.8, 4) is 0 Å². The molecule has 0 aromatic carbocycles. The molecule has 1 rings (SSSR count). The fraction of sp³-hybridized carbons (Fsp3) is 0.615. The van der Waals surface area contributed by atoms with E-state index in [-0.39, 0.29) is 69.9 Å². The van der Waals surface area contributed by atoms with Gasteiger partial charge in [0.15, 0.2) is 0 Å². The maximum absolute atomic E-state index is 11.5. The van der Waals surface area contributed by atoms with Crippen molar-refractivity contribution in [2.45, 2.75) is 36.9 Å². The van der Waals surface area contributed by atoms with Crippen molar-refractivity contribution >= 4 is 46.5 Å². The Morgan fingerprint density at radius 3 is 2.22 bits per heavy atom. The quantitative estimate of drug-likeness (QED) is 0.129. The first-order valence-corrected chi connectivity index (χ1v) is 8.77. The number of carbonyl (C=O) groups is 1. The molecular formula is C13H18N2Na2O7S3. The van der Waals surface area contributed by atoms with E-state index in [1.54, 1.807) is 0 Å². The van der Waals surface area contributed by atoms with Gasteiger partial charge in [-0.15, -0.1) is 11.3 Å². The van der Waals surface area contributed by atoms with Crippen LogP contribution in [0.1, 0.15) is 4.88 Å². The molecule has 9 nitrogen and oxygen atoms in total. The number of carbonyl (C=O) groups excluding carboxylic acids is 1. The van der Waals surface area contributed by atoms with Crippen molar-refractivity contribution in [2.24, 2.45) is 0 Å². The second-order valence-electron chi connectivity index (χ2n) is 5.22. The third kappa shape index (κ3) is 9.57. The van der Waals surface area contributed by atoms with Gasteiger partial charge in [-0.25, -0.2) is 0 Å². The van der Waals surface area contributed by atoms with Gasteiger partial charge in [-0.2, -0.15) is 0 Å². The zero-order valence-corrected chi connectivity index (χ0v) is 21.3. The number of hydrogen-bond acceptors (Lipinski definition) is 11. The molecule has 0 radical (unpaired) electrons. The monoisotopic (exact) mass is 456 g/mol. The minimum atomic E-state index is -1.86. The van der Waals surface area contributed by atoms with Crippen molar-refractivity contribution in [2.75, 3.05) is 13.2 Å². The Hall–Kier alpha value is 1.01. The number of nitrogens with zero attached hydrogens (tertiary/aromatic N) is 2. The van der Waals surface area contributed by atoms with E-state index < -0.39 is 49.6 Å². The van der Waals surface area contributed by atoms with Gasteiger partial charge >= 0.3 is 59.1 Å². The van der Waals surface area contributed by atoms with Crippen LogP contribution >= 0.6 is 23.6 Å². The molecule has 1 heterocycles. The summed E-state index contributed by atoms with van der Waals surface area (Å²) < 4.78 is -0.276. The first-order chi connectivity index (χ1) is 11.7. The Bertz CT molecular complexity index is 570. The molecule has 0 aliphatic rings. The van der Waals surface area contributed by atoms with E-state index in [1.807, 2.05) is 0 Å². The smallest absolute Gasteiger partial charge is 0.548 e. The fourth-order valence-electron chi connectivity index (χ4n) is 2.06. The second-order valence-corrected chi connectivity index (χ2v) is 7.23. The molecule has 0 aliphatic heterocycles. The molecular weight excluding hydrogens is 438 g/mol. The van der Waals surface area contributed by atoms with Crippen molar-refractivity contribution in [1.29, 1.82) is 0 Å². The summed E-state index contributed by atoms with van der Waals surface area (Å²) in [6.45, 7) is -1.35. The zero-order valence-electron chi connectivity index (χ0n) is 14.8. The van der Waals surface area contributed by atoms with Gasteiger partial charge in [0.1, 0.15) is 18.3 Å². The van der Waals surface area contributed by atoms with E-state index >= 15 is 0 Å². The molecule has 0 saturated carbocycles. The van der Waals surface area contributed by atoms with Gasteiger partial charge in [0.05, 0.1) is 30.2 Å². The average molecular weight is 456 g/mol. The topological polar surface area (TPSA) is 157 Å². The maximum Gasteiger partial charge on any atom is 1.00 e. The summed E-state index contributed by atoms with van der Waals surface area (Å²) in [7, 11) is 0. The number of aliphatic carboxylic acids is 1. The van der Waals surface area contributed by atoms with Crippen LogP contribution in [-0.2, 0) is 23.8 Å². The van der Waals surface area contributed by atoms with Crippen LogP contribution < -0.4 is 64.2 Å². The first-order valence-electron chi connectivity index (χ1n) is 7.08. The minimum absolute atomic E-state index is 0. The van der Waals surface area contributed by atoms with Gasteiger partial charge in [-0.1, -0.05) is 4.32 Å². The molecule has 0 bridgehead atoms. The van der Waals surface area contributed by atoms with Crippen molar-refractivity contribution in [3.05, 3.63) is 16.6 Å². The van der Waals surface area contributed by atoms with Crippen LogP contribution in [-0.4, -0.2) is 89.3 Å². The van der Waals surface area contributed by atoms with Gasteiger partial charge in [-0.3, -0.25) is 4.98 Å². The largest absolute Gasteiger partial charge is 1.00 e. The third-order valence-electron chi connectivity index (χ3n) is 3.47. The van der Waals surface area contributed by atoms with Gasteiger partial charge in [0.25, 0.3) is 0 Å². The van der Waals surface area contributed by atoms with Gasteiger partial charge in [0.2, 0.25) is 0 Å². The molecule has 0 spiro atoms. The number of thiocarbonyl (C=S) groups is 1. The van der Waals surface area contributed by atoms with Crippen LogP contribution in [0, 0.1) is 0 Å². The molecule has 14 heteroatoms. The third-order valence-corrected chi connectivity index (χ3v) is 4.74. The van der Waals surface area contributed by atoms with Gasteiger partial charge < -0.3 is 65.2 Å². The van der Waals surface area contributed by atoms with E-state index in [0.717, 1.165) is 4.90 Å². The Balaban J connectivity index is 0. The summed E-state index contributed by atoms with van der Waals surface area (Å²) in [6.07, 6.45) is -5.64. The number of thiazole rings is 1. The van der Waals surface area contributed by atoms with Crippen LogP contribution in [0.3, 0.4) is 0 Å². The molecule has 142 valence electrons. The summed E-state index contributed by atoms with van der Waals surface area (Å²) in [5, 5.41) is 59.1. The number of rotatable bonds is 10. The van der Waals surface area contributed by atoms with Gasteiger partial charge in [-0.05, 0) is 0 Å². The normalized spacial score (nSPS) is 16.0. The molecule has 0 saturated heterocycles. The van der Waals surface area contributed by atoms with Gasteiger partial charge in [0, 0.05) is 24.0 Å². The van der Waals surface area contributed by atoms with Crippen LogP contribution in [0.2, 0.25) is 0 Å². The second kappa shape index (κ2) is 14.9. The minimum Gasteiger partial charge on any atom is -0.548 e. The molecule has 0 fully saturated rings. The summed E-state index contributed by atoms with van der Waals surface area (Å²) in [4.78, 5) is 16.9. The predicted molar refractivity (Wildman–Crippen MR) is 92.4 cm³/mol. The number of carboxylic acids is 1. The number of hydrogen-bond donors (Lipinski definition) is 5. The SMILES string of the molecule is O=C([O-])C(Cc1cncs1)N(CC(O)C(O)C(O)C(O)CO)C(=S)[S-].[Na+].[Na+]. The fourth-order valence-corrected chi connectivity index (χ4v) is 3.09. The van der Waals surface area contributed by atoms with E-state index in [4.69, 9.17) is 30.0 Å². The maximum atomic E-state index is 11.5. The molecule has 27 heavy (non-hydrogen) atoms. The molecule has 1 aromatic heterocycles. The molecule has 5 N–H and O–H groups in total. The van der Waals surface area contributed by atoms with E-state index in [1.165, 1.54) is 23.0 Å². The Morgan fingerprint density at radius 2 is 1.81 bits per heavy atom. The van der Waals surface area contributed by atoms with E-state index in [0.29, 0.717) is 4.88 Å². The molecule has 1 aromatic rings. The number of aromatic nitrogens is 1. The van der Waals surface area contributed by atoms with E-state index in [9.17, 15) is 30.3 Å². The van der Waals surface area contributed by atoms with Crippen molar-refractivity contribution in [3.63, 3.8) is 0 Å². The van der Waals surface area contributed by atoms with Crippen molar-refractivity contribution in [1.82, 2.24) is 9.88 Å². The van der Waals surface area contributed by atoms with Crippen molar-refractivity contribution < 1.29 is 94.5 Å². The summed E-state index contributed by atoms with van der Waals surface area (Å²) in [5.41, 5.74) is 1.52. The first kappa shape index (κ1) is 30.2. The summed E-state index contributed by atoms with van der Waals surface area (Å²) >= 11 is 10.9. The van der Waals surface area contributed by atoms with Crippen LogP contribution in [0.25, 0.3) is 0 Å². The average Bonchev–Trinajstić information content (AvgIpc) is 3.08. The molecule has 5 unspecified atom stereocenters. The number of aliphatic hydroxyl groups is 5. The Morgan fingerprint density at radius 1 is 1.26 bits per heavy atom. The molecule has 0 amide bonds. The number of aliphatic hydroxyl groups excluding tert-OH is 5. The Labute approximate surface area is 215 Å². The van der Waals surface area contributed by atoms with Crippen LogP contribution in [0.5, 0.6) is 0 Å². The number of carboxylic acid groups (broad SMARTS) is 1.